The van der Waals surface area contributed by atoms with E-state index in [0.29, 0.717) is 13.2 Å². The maximum absolute atomic E-state index is 6.93. The average molecular weight is 984 g/mol. The van der Waals surface area contributed by atoms with E-state index in [9.17, 15) is 0 Å². The Morgan fingerprint density at radius 2 is 0.737 bits per heavy atom. The molecule has 0 amide bonds. The van der Waals surface area contributed by atoms with E-state index >= 15 is 0 Å². The van der Waals surface area contributed by atoms with Crippen molar-refractivity contribution in [2.45, 2.75) is 39.1 Å². The highest BCUT2D eigenvalue weighted by Crippen LogP contribution is 2.46. The quantitative estimate of drug-likeness (QED) is 0.142. The Labute approximate surface area is 441 Å². The molecule has 10 heterocycles. The van der Waals surface area contributed by atoms with E-state index in [1.54, 1.807) is 0 Å². The Morgan fingerprint density at radius 3 is 1.20 bits per heavy atom. The summed E-state index contributed by atoms with van der Waals surface area (Å²) in [4.78, 5) is 5.13. The zero-order chi connectivity index (χ0) is 50.4. The van der Waals surface area contributed by atoms with E-state index in [-0.39, 0.29) is 0 Å². The Balaban J connectivity index is 0.839. The molecule has 13 aromatic rings. The number of aromatic nitrogens is 5. The first kappa shape index (κ1) is 45.1. The Morgan fingerprint density at radius 1 is 0.342 bits per heavy atom. The van der Waals surface area contributed by atoms with Crippen molar-refractivity contribution >= 4 is 43.6 Å². The summed E-state index contributed by atoms with van der Waals surface area (Å²) >= 11 is 0. The lowest BCUT2D eigenvalue weighted by Crippen LogP contribution is -2.32. The summed E-state index contributed by atoms with van der Waals surface area (Å²) in [6, 6.07) is 84.9. The van der Waals surface area contributed by atoms with Crippen LogP contribution in [0, 0.1) is 0 Å². The third-order valence-electron chi connectivity index (χ3n) is 15.0. The first-order chi connectivity index (χ1) is 37.6. The largest absolute Gasteiger partial charge is 0.488 e. The Hall–Kier alpha value is -9.59. The molecule has 0 fully saturated rings. The molecular weight excluding hydrogens is 931 g/mol. The van der Waals surface area contributed by atoms with E-state index in [0.717, 1.165) is 115 Å². The summed E-state index contributed by atoms with van der Waals surface area (Å²) in [6.45, 7) is 2.29. The molecule has 10 aromatic carbocycles. The normalized spacial score (nSPS) is 12.9. The predicted octanol–water partition coefficient (Wildman–Crippen LogP) is 14.3. The average Bonchev–Trinajstić information content (AvgIpc) is 4.06. The van der Waals surface area contributed by atoms with Crippen molar-refractivity contribution in [1.82, 2.24) is 14.1 Å². The third kappa shape index (κ3) is 8.71. The molecule has 0 saturated carbocycles. The van der Waals surface area contributed by atoms with Gasteiger partial charge in [-0.05, 0) is 128 Å². The molecule has 3 aromatic heterocycles. The van der Waals surface area contributed by atoms with E-state index in [1.807, 2.05) is 0 Å². The number of imidazole rings is 2. The lowest BCUT2D eigenvalue weighted by molar-refractivity contribution is -0.663. The Kier molecular flexibility index (Phi) is 11.5. The minimum atomic E-state index is 0.395. The molecule has 0 radical (unpaired) electrons. The van der Waals surface area contributed by atoms with Gasteiger partial charge >= 0.3 is 0 Å². The molecule has 364 valence electrons. The highest BCUT2D eigenvalue weighted by atomic mass is 16.5. The van der Waals surface area contributed by atoms with E-state index < -0.39 is 0 Å². The molecule has 7 aliphatic heterocycles. The molecule has 0 spiro atoms. The van der Waals surface area contributed by atoms with Crippen LogP contribution < -0.4 is 18.6 Å². The second-order valence-electron chi connectivity index (χ2n) is 20.0. The van der Waals surface area contributed by atoms with Crippen molar-refractivity contribution in [2.75, 3.05) is 0 Å². The molecule has 0 unspecified atom stereocenters. The fourth-order valence-electron chi connectivity index (χ4n) is 11.2. The first-order valence-corrected chi connectivity index (χ1v) is 26.2. The van der Waals surface area contributed by atoms with Crippen LogP contribution in [-0.2, 0) is 39.1 Å². The number of ether oxygens (including phenoxy) is 2. The van der Waals surface area contributed by atoms with Crippen molar-refractivity contribution < 1.29 is 18.6 Å². The first-order valence-electron chi connectivity index (χ1n) is 26.2. The van der Waals surface area contributed by atoms with Crippen LogP contribution in [0.1, 0.15) is 44.8 Å². The van der Waals surface area contributed by atoms with Crippen LogP contribution in [0.3, 0.4) is 0 Å². The summed E-state index contributed by atoms with van der Waals surface area (Å²) in [5.74, 6) is 1.60. The fraction of sp³-hybridized carbons (Fsp3) is 0.0870. The van der Waals surface area contributed by atoms with E-state index in [1.165, 1.54) is 33.3 Å². The minimum Gasteiger partial charge on any atom is -0.488 e. The molecule has 7 heteroatoms. The molecule has 0 N–H and O–H groups in total. The molecular formula is C69H53N5O2+2. The number of nitrogens with zero attached hydrogens (tertiary/aromatic N) is 5. The van der Waals surface area contributed by atoms with Gasteiger partial charge in [-0.1, -0.05) is 164 Å². The number of rotatable bonds is 0. The van der Waals surface area contributed by atoms with E-state index in [2.05, 4.69) is 268 Å². The van der Waals surface area contributed by atoms with E-state index in [4.69, 9.17) is 14.5 Å². The minimum absolute atomic E-state index is 0.395. The van der Waals surface area contributed by atoms with Gasteiger partial charge in [-0.15, -0.1) is 0 Å². The smallest absolute Gasteiger partial charge is 0.250 e. The van der Waals surface area contributed by atoms with Crippen LogP contribution in [0.4, 0.5) is 0 Å². The zero-order valence-corrected chi connectivity index (χ0v) is 42.0. The second-order valence-corrected chi connectivity index (χ2v) is 20.0. The van der Waals surface area contributed by atoms with Crippen LogP contribution in [0.2, 0.25) is 0 Å². The maximum Gasteiger partial charge on any atom is 0.250 e. The fourth-order valence-corrected chi connectivity index (χ4v) is 11.2. The van der Waals surface area contributed by atoms with Crippen molar-refractivity contribution in [1.29, 1.82) is 0 Å². The molecule has 7 nitrogen and oxygen atoms in total. The maximum atomic E-state index is 6.93. The van der Waals surface area contributed by atoms with Crippen LogP contribution in [0.5, 0.6) is 11.5 Å². The van der Waals surface area contributed by atoms with Crippen molar-refractivity contribution in [3.8, 4) is 34.0 Å². The molecule has 76 heavy (non-hydrogen) atoms. The summed E-state index contributed by atoms with van der Waals surface area (Å²) in [5.41, 5.74) is 18.1. The van der Waals surface area contributed by atoms with Gasteiger partial charge in [0.1, 0.15) is 49.2 Å². The predicted molar refractivity (Wildman–Crippen MR) is 303 cm³/mol. The molecule has 0 aliphatic carbocycles. The number of hydrogen-bond donors (Lipinski definition) is 0. The van der Waals surface area contributed by atoms with Crippen LogP contribution in [0.15, 0.2) is 249 Å². The highest BCUT2D eigenvalue weighted by molar-refractivity contribution is 6.09. The molecule has 7 aliphatic rings. The summed E-state index contributed by atoms with van der Waals surface area (Å²) < 4.78 is 23.1. The molecule has 20 rings (SSSR count). The van der Waals surface area contributed by atoms with Gasteiger partial charge in [-0.25, -0.2) is 9.13 Å². The molecule has 14 bridgehead atoms. The van der Waals surface area contributed by atoms with Gasteiger partial charge in [0, 0.05) is 35.4 Å². The van der Waals surface area contributed by atoms with Gasteiger partial charge in [-0.2, -0.15) is 9.13 Å². The van der Waals surface area contributed by atoms with Gasteiger partial charge in [0.25, 0.3) is 0 Å². The monoisotopic (exact) mass is 983 g/mol. The van der Waals surface area contributed by atoms with Gasteiger partial charge < -0.3 is 9.47 Å². The van der Waals surface area contributed by atoms with Crippen LogP contribution >= 0.6 is 0 Å². The topological polar surface area (TPSA) is 49.0 Å². The van der Waals surface area contributed by atoms with Gasteiger partial charge in [-0.3, -0.25) is 4.98 Å². The molecule has 0 saturated heterocycles. The lowest BCUT2D eigenvalue weighted by atomic mass is 9.92. The lowest BCUT2D eigenvalue weighted by Gasteiger charge is -2.20. The summed E-state index contributed by atoms with van der Waals surface area (Å²) in [5, 5.41) is 4.49. The van der Waals surface area contributed by atoms with Crippen LogP contribution in [-0.4, -0.2) is 14.1 Å². The van der Waals surface area contributed by atoms with Crippen molar-refractivity contribution in [3.05, 3.63) is 294 Å². The number of pyridine rings is 1. The number of para-hydroxylation sites is 4. The summed E-state index contributed by atoms with van der Waals surface area (Å²) in [6.07, 6.45) is 6.00. The Bertz CT molecular complexity index is 4000. The van der Waals surface area contributed by atoms with Gasteiger partial charge in [0.15, 0.2) is 22.1 Å². The summed E-state index contributed by atoms with van der Waals surface area (Å²) in [7, 11) is 0. The van der Waals surface area contributed by atoms with Crippen LogP contribution in [0.25, 0.3) is 66.1 Å². The van der Waals surface area contributed by atoms with Gasteiger partial charge in [0.05, 0.1) is 0 Å². The van der Waals surface area contributed by atoms with Gasteiger partial charge in [0.2, 0.25) is 12.7 Å². The van der Waals surface area contributed by atoms with Crippen molar-refractivity contribution in [3.63, 3.8) is 0 Å². The number of benzene rings is 10. The van der Waals surface area contributed by atoms with Crippen molar-refractivity contribution in [2.24, 2.45) is 0 Å². The standard InChI is InChI=1S/C69H53N5O2/c1-3-14-60-54(10-1)32-38-66-68(60)69-61-15-4-2-11-55(61)33-39-67(69)76-45-53-30-36-59(37-31-53)74-47-72(63-17-6-8-19-65(63)74)43-51-26-22-49(23-27-51)41-57-13-9-12-56(70-57)40-48-20-24-50(25-21-48)42-71-46-73(64-18-7-5-16-62(64)71)58-34-28-52(29-35-58)44-75-66/h1-39,46-47H,40-45H2/q+2. The molecule has 0 atom stereocenters. The highest BCUT2D eigenvalue weighted by Gasteiger charge is 2.22. The SMILES string of the molecule is c1cc2nc(c1)Cc1ccc(cc1)C[n+]1cn(c3ccccc31)-c1ccc(cc1)COc1ccc3ccccc3c1-c1c(ccc3ccccc13)OCc1ccc(cc1)-n1c[n+](c3ccccc31)Cc1ccc(cc1)C2. The zero-order valence-electron chi connectivity index (χ0n) is 42.0. The number of fused-ring (bicyclic) bond motifs is 4. The third-order valence-corrected chi connectivity index (χ3v) is 15.0. The second kappa shape index (κ2) is 19.4. The number of hydrogen-bond acceptors (Lipinski definition) is 3.